The van der Waals surface area contributed by atoms with Crippen LogP contribution in [0.5, 0.6) is 0 Å². The molecule has 2 aromatic rings. The van der Waals surface area contributed by atoms with E-state index < -0.39 is 11.7 Å². The van der Waals surface area contributed by atoms with E-state index in [1.807, 2.05) is 19.9 Å². The van der Waals surface area contributed by atoms with Crippen molar-refractivity contribution in [3.05, 3.63) is 58.3 Å². The predicted molar refractivity (Wildman–Crippen MR) is 108 cm³/mol. The fourth-order valence-corrected chi connectivity index (χ4v) is 5.13. The molecular weight excluding hydrogens is 373 g/mol. The molecule has 0 spiro atoms. The maximum atomic E-state index is 14.3. The highest BCUT2D eigenvalue weighted by atomic mass is 19.1. The van der Waals surface area contributed by atoms with Crippen LogP contribution < -0.4 is 10.9 Å². The van der Waals surface area contributed by atoms with E-state index >= 15 is 0 Å². The van der Waals surface area contributed by atoms with Gasteiger partial charge in [-0.3, -0.25) is 14.5 Å². The molecule has 2 aliphatic heterocycles. The SMILES string of the molecule is CCNC(=O)[C@@H]1[C@@H](CO)[C@@H]2Cn3c(ccc(-c4ccccc4F)c3=O)[C@H]1N2CC. The van der Waals surface area contributed by atoms with Crippen molar-refractivity contribution in [1.82, 2.24) is 14.8 Å². The molecule has 1 fully saturated rings. The molecule has 4 atom stereocenters. The van der Waals surface area contributed by atoms with Crippen LogP contribution >= 0.6 is 0 Å². The van der Waals surface area contributed by atoms with Gasteiger partial charge in [0, 0.05) is 42.9 Å². The average molecular weight is 399 g/mol. The number of nitrogens with zero attached hydrogens (tertiary/aromatic N) is 2. The summed E-state index contributed by atoms with van der Waals surface area (Å²) in [6.45, 7) is 5.37. The van der Waals surface area contributed by atoms with Gasteiger partial charge in [-0.15, -0.1) is 0 Å². The number of likely N-dealkylation sites (N-methyl/N-ethyl adjacent to an activating group) is 1. The zero-order chi connectivity index (χ0) is 20.7. The van der Waals surface area contributed by atoms with Gasteiger partial charge in [0.25, 0.3) is 5.56 Å². The second-order valence-corrected chi connectivity index (χ2v) is 7.68. The number of amides is 1. The van der Waals surface area contributed by atoms with Crippen LogP contribution in [0.4, 0.5) is 4.39 Å². The lowest BCUT2D eigenvalue weighted by molar-refractivity contribution is -0.127. The van der Waals surface area contributed by atoms with E-state index in [0.29, 0.717) is 25.2 Å². The zero-order valence-electron chi connectivity index (χ0n) is 16.6. The quantitative estimate of drug-likeness (QED) is 0.804. The molecule has 1 aromatic carbocycles. The van der Waals surface area contributed by atoms with E-state index in [4.69, 9.17) is 0 Å². The number of nitrogens with one attached hydrogen (secondary N) is 1. The third kappa shape index (κ3) is 3.00. The number of aliphatic hydroxyl groups is 1. The maximum Gasteiger partial charge on any atom is 0.258 e. The number of aromatic nitrogens is 1. The third-order valence-corrected chi connectivity index (χ3v) is 6.35. The minimum Gasteiger partial charge on any atom is -0.396 e. The Balaban J connectivity index is 1.86. The Morgan fingerprint density at radius 3 is 2.62 bits per heavy atom. The maximum absolute atomic E-state index is 14.3. The van der Waals surface area contributed by atoms with Gasteiger partial charge in [-0.2, -0.15) is 0 Å². The lowest BCUT2D eigenvalue weighted by atomic mass is 9.86. The van der Waals surface area contributed by atoms with Gasteiger partial charge in [0.15, 0.2) is 0 Å². The van der Waals surface area contributed by atoms with Crippen LogP contribution in [0.25, 0.3) is 11.1 Å². The molecule has 0 saturated carbocycles. The van der Waals surface area contributed by atoms with Gasteiger partial charge in [0.1, 0.15) is 5.82 Å². The summed E-state index contributed by atoms with van der Waals surface area (Å²) < 4.78 is 16.0. The Hall–Kier alpha value is -2.51. The summed E-state index contributed by atoms with van der Waals surface area (Å²) in [5, 5.41) is 13.0. The molecule has 0 aliphatic carbocycles. The smallest absolute Gasteiger partial charge is 0.258 e. The normalized spacial score (nSPS) is 25.7. The van der Waals surface area contributed by atoms with Crippen molar-refractivity contribution < 1.29 is 14.3 Å². The second-order valence-electron chi connectivity index (χ2n) is 7.68. The number of rotatable bonds is 5. The predicted octanol–water partition coefficient (Wildman–Crippen LogP) is 1.77. The molecule has 1 saturated heterocycles. The standard InChI is InChI=1S/C22H26FN3O3/c1-3-24-21(28)19-15(12-27)18-11-26-17(20(19)25(18)4-2)10-9-14(22(26)29)13-7-5-6-8-16(13)23/h5-10,15,18-20,27H,3-4,11-12H2,1-2H3,(H,24,28)/t15-,18-,19+,20+/m0/s1. The average Bonchev–Trinajstić information content (AvgIpc) is 2.95. The fourth-order valence-electron chi connectivity index (χ4n) is 5.13. The van der Waals surface area contributed by atoms with Crippen molar-refractivity contribution in [3.8, 4) is 11.1 Å². The van der Waals surface area contributed by atoms with Crippen molar-refractivity contribution in [2.45, 2.75) is 32.5 Å². The molecule has 2 aliphatic rings. The summed E-state index contributed by atoms with van der Waals surface area (Å²) in [5.41, 5.74) is 1.08. The first-order valence-corrected chi connectivity index (χ1v) is 10.2. The summed E-state index contributed by atoms with van der Waals surface area (Å²) >= 11 is 0. The van der Waals surface area contributed by atoms with E-state index in [-0.39, 0.29) is 41.6 Å². The third-order valence-electron chi connectivity index (χ3n) is 6.35. The van der Waals surface area contributed by atoms with Gasteiger partial charge in [-0.05, 0) is 31.7 Å². The fraction of sp³-hybridized carbons (Fsp3) is 0.455. The van der Waals surface area contributed by atoms with Gasteiger partial charge in [0.05, 0.1) is 17.5 Å². The summed E-state index contributed by atoms with van der Waals surface area (Å²) in [6, 6.07) is 9.32. The van der Waals surface area contributed by atoms with Gasteiger partial charge in [-0.1, -0.05) is 25.1 Å². The van der Waals surface area contributed by atoms with E-state index in [9.17, 15) is 19.1 Å². The van der Waals surface area contributed by atoms with E-state index in [2.05, 4.69) is 10.2 Å². The van der Waals surface area contributed by atoms with Crippen molar-refractivity contribution in [1.29, 1.82) is 0 Å². The summed E-state index contributed by atoms with van der Waals surface area (Å²) in [6.07, 6.45) is 0. The molecular formula is C22H26FN3O3. The lowest BCUT2D eigenvalue weighted by Gasteiger charge is -2.37. The highest BCUT2D eigenvalue weighted by molar-refractivity contribution is 5.80. The van der Waals surface area contributed by atoms with Crippen LogP contribution in [0, 0.1) is 17.7 Å². The molecule has 29 heavy (non-hydrogen) atoms. The number of hydrogen-bond donors (Lipinski definition) is 2. The van der Waals surface area contributed by atoms with E-state index in [0.717, 1.165) is 5.69 Å². The van der Waals surface area contributed by atoms with E-state index in [1.54, 1.807) is 28.8 Å². The molecule has 154 valence electrons. The summed E-state index contributed by atoms with van der Waals surface area (Å²) in [5.74, 6) is -1.23. The summed E-state index contributed by atoms with van der Waals surface area (Å²) in [4.78, 5) is 28.4. The van der Waals surface area contributed by atoms with Gasteiger partial charge in [-0.25, -0.2) is 4.39 Å². The molecule has 4 rings (SSSR count). The van der Waals surface area contributed by atoms with Crippen LogP contribution in [0.1, 0.15) is 25.6 Å². The number of pyridine rings is 1. The Kier molecular flexibility index (Phi) is 5.27. The number of carbonyl (C=O) groups is 1. The topological polar surface area (TPSA) is 74.6 Å². The van der Waals surface area contributed by atoms with Crippen molar-refractivity contribution in [2.75, 3.05) is 19.7 Å². The number of benzene rings is 1. The first kappa shape index (κ1) is 19.8. The molecule has 0 unspecified atom stereocenters. The number of hydrogen-bond acceptors (Lipinski definition) is 4. The van der Waals surface area contributed by atoms with Gasteiger partial charge < -0.3 is 15.0 Å². The minimum absolute atomic E-state index is 0.100. The molecule has 7 heteroatoms. The first-order valence-electron chi connectivity index (χ1n) is 10.2. The molecule has 2 bridgehead atoms. The first-order chi connectivity index (χ1) is 14.0. The Morgan fingerprint density at radius 1 is 1.21 bits per heavy atom. The molecule has 2 N–H and O–H groups in total. The lowest BCUT2D eigenvalue weighted by Crippen LogP contribution is -2.46. The Labute approximate surface area is 169 Å². The van der Waals surface area contributed by atoms with Gasteiger partial charge in [0.2, 0.25) is 5.91 Å². The number of fused-ring (bicyclic) bond motifs is 4. The molecule has 6 nitrogen and oxygen atoms in total. The highest BCUT2D eigenvalue weighted by Crippen LogP contribution is 2.48. The molecule has 1 amide bonds. The van der Waals surface area contributed by atoms with E-state index in [1.165, 1.54) is 6.07 Å². The van der Waals surface area contributed by atoms with Crippen molar-refractivity contribution in [2.24, 2.45) is 11.8 Å². The van der Waals surface area contributed by atoms with Crippen LogP contribution in [-0.4, -0.2) is 46.2 Å². The van der Waals surface area contributed by atoms with Crippen molar-refractivity contribution in [3.63, 3.8) is 0 Å². The van der Waals surface area contributed by atoms with Gasteiger partial charge >= 0.3 is 0 Å². The Bertz CT molecular complexity index is 990. The monoisotopic (exact) mass is 399 g/mol. The zero-order valence-corrected chi connectivity index (χ0v) is 16.6. The number of aliphatic hydroxyl groups excluding tert-OH is 1. The molecule has 3 heterocycles. The second kappa shape index (κ2) is 7.72. The largest absolute Gasteiger partial charge is 0.396 e. The van der Waals surface area contributed by atoms with Crippen LogP contribution in [0.3, 0.4) is 0 Å². The van der Waals surface area contributed by atoms with Crippen LogP contribution in [0.2, 0.25) is 0 Å². The van der Waals surface area contributed by atoms with Crippen molar-refractivity contribution >= 4 is 5.91 Å². The summed E-state index contributed by atoms with van der Waals surface area (Å²) in [7, 11) is 0. The van der Waals surface area contributed by atoms with Crippen LogP contribution in [0.15, 0.2) is 41.2 Å². The number of carbonyl (C=O) groups excluding carboxylic acids is 1. The van der Waals surface area contributed by atoms with Crippen LogP contribution in [-0.2, 0) is 11.3 Å². The molecule has 1 aromatic heterocycles. The molecule has 0 radical (unpaired) electrons. The Morgan fingerprint density at radius 2 is 1.97 bits per heavy atom. The number of halogens is 1. The highest BCUT2D eigenvalue weighted by Gasteiger charge is 2.55. The minimum atomic E-state index is -0.437.